The van der Waals surface area contributed by atoms with Crippen LogP contribution in [0.5, 0.6) is 0 Å². The molecule has 5 heteroatoms. The summed E-state index contributed by atoms with van der Waals surface area (Å²) in [4.78, 5) is 12.6. The van der Waals surface area contributed by atoms with Crippen LogP contribution in [0, 0.1) is 12.8 Å². The molecule has 24 heavy (non-hydrogen) atoms. The quantitative estimate of drug-likeness (QED) is 0.914. The molecule has 0 aliphatic carbocycles. The third kappa shape index (κ3) is 3.85. The molecular weight excluding hydrogens is 304 g/mol. The van der Waals surface area contributed by atoms with Crippen molar-refractivity contribution in [1.82, 2.24) is 10.5 Å². The number of amides is 1. The maximum absolute atomic E-state index is 12.6. The van der Waals surface area contributed by atoms with Gasteiger partial charge in [0.2, 0.25) is 5.91 Å². The standard InChI is InChI=1S/C19H24N2O3/c1-3-15-11-16(24-21-15)12-20-19(22)17-5-4-10-23-18(17)14-8-6-13(2)7-9-14/h6-9,11,17-18H,3-5,10,12H2,1-2H3,(H,20,22)/t17-,18+/m0/s1. The Morgan fingerprint density at radius 1 is 1.33 bits per heavy atom. The fourth-order valence-electron chi connectivity index (χ4n) is 3.05. The molecule has 0 spiro atoms. The monoisotopic (exact) mass is 328 g/mol. The number of nitrogens with zero attached hydrogens (tertiary/aromatic N) is 1. The molecule has 0 saturated carbocycles. The number of hydrogen-bond acceptors (Lipinski definition) is 4. The molecule has 1 N–H and O–H groups in total. The van der Waals surface area contributed by atoms with Crippen LogP contribution in [-0.2, 0) is 22.5 Å². The number of aryl methyl sites for hydroxylation is 2. The molecule has 1 aliphatic rings. The number of hydrogen-bond donors (Lipinski definition) is 1. The average Bonchev–Trinajstić information content (AvgIpc) is 3.08. The summed E-state index contributed by atoms with van der Waals surface area (Å²) in [6, 6.07) is 10.1. The summed E-state index contributed by atoms with van der Waals surface area (Å²) in [5, 5.41) is 6.91. The number of carbonyl (C=O) groups excluding carboxylic acids is 1. The lowest BCUT2D eigenvalue weighted by atomic mass is 9.88. The van der Waals surface area contributed by atoms with Gasteiger partial charge >= 0.3 is 0 Å². The molecule has 2 heterocycles. The molecule has 3 rings (SSSR count). The molecule has 1 aliphatic heterocycles. The molecule has 1 amide bonds. The predicted octanol–water partition coefficient (Wildman–Crippen LogP) is 3.33. The smallest absolute Gasteiger partial charge is 0.226 e. The van der Waals surface area contributed by atoms with Crippen LogP contribution in [0.15, 0.2) is 34.9 Å². The first-order valence-electron chi connectivity index (χ1n) is 8.57. The average molecular weight is 328 g/mol. The van der Waals surface area contributed by atoms with Gasteiger partial charge in [-0.2, -0.15) is 0 Å². The van der Waals surface area contributed by atoms with Crippen LogP contribution in [0.1, 0.15) is 48.5 Å². The van der Waals surface area contributed by atoms with Gasteiger partial charge in [-0.1, -0.05) is 41.9 Å². The normalized spacial score (nSPS) is 20.8. The second kappa shape index (κ2) is 7.62. The van der Waals surface area contributed by atoms with E-state index in [1.165, 1.54) is 5.56 Å². The van der Waals surface area contributed by atoms with Gasteiger partial charge in [0.15, 0.2) is 5.76 Å². The molecule has 5 nitrogen and oxygen atoms in total. The summed E-state index contributed by atoms with van der Waals surface area (Å²) in [7, 11) is 0. The van der Waals surface area contributed by atoms with Crippen LogP contribution in [0.4, 0.5) is 0 Å². The maximum Gasteiger partial charge on any atom is 0.226 e. The molecule has 128 valence electrons. The molecule has 1 saturated heterocycles. The SMILES string of the molecule is CCc1cc(CNC(=O)[C@H]2CCCO[C@@H]2c2ccc(C)cc2)on1. The first-order valence-corrected chi connectivity index (χ1v) is 8.57. The molecule has 1 aromatic carbocycles. The van der Waals surface area contributed by atoms with Crippen LogP contribution in [0.2, 0.25) is 0 Å². The molecule has 0 unspecified atom stereocenters. The van der Waals surface area contributed by atoms with Crippen molar-refractivity contribution in [3.05, 3.63) is 52.9 Å². The number of rotatable bonds is 5. The highest BCUT2D eigenvalue weighted by Crippen LogP contribution is 2.34. The summed E-state index contributed by atoms with van der Waals surface area (Å²) in [6.45, 7) is 5.14. The highest BCUT2D eigenvalue weighted by atomic mass is 16.5. The number of nitrogens with one attached hydrogen (secondary N) is 1. The Labute approximate surface area is 142 Å². The minimum atomic E-state index is -0.180. The number of ether oxygens (including phenoxy) is 1. The molecule has 1 aromatic heterocycles. The number of benzene rings is 1. The van der Waals surface area contributed by atoms with Gasteiger partial charge in [0.25, 0.3) is 0 Å². The van der Waals surface area contributed by atoms with E-state index in [4.69, 9.17) is 9.26 Å². The van der Waals surface area contributed by atoms with Gasteiger partial charge in [-0.3, -0.25) is 4.79 Å². The van der Waals surface area contributed by atoms with E-state index in [0.29, 0.717) is 18.9 Å². The topological polar surface area (TPSA) is 64.4 Å². The van der Waals surface area contributed by atoms with Crippen LogP contribution in [0.3, 0.4) is 0 Å². The molecular formula is C19H24N2O3. The summed E-state index contributed by atoms with van der Waals surface area (Å²) < 4.78 is 11.1. The second-order valence-corrected chi connectivity index (χ2v) is 6.31. The van der Waals surface area contributed by atoms with Crippen molar-refractivity contribution in [2.45, 2.75) is 45.8 Å². The Kier molecular flexibility index (Phi) is 5.30. The van der Waals surface area contributed by atoms with Crippen molar-refractivity contribution >= 4 is 5.91 Å². The Bertz CT molecular complexity index is 678. The highest BCUT2D eigenvalue weighted by molar-refractivity contribution is 5.79. The molecule has 1 fully saturated rings. The van der Waals surface area contributed by atoms with Gasteiger partial charge in [-0.15, -0.1) is 0 Å². The zero-order chi connectivity index (χ0) is 16.9. The van der Waals surface area contributed by atoms with E-state index in [-0.39, 0.29) is 17.9 Å². The number of carbonyl (C=O) groups is 1. The van der Waals surface area contributed by atoms with Gasteiger partial charge < -0.3 is 14.6 Å². The Morgan fingerprint density at radius 3 is 2.83 bits per heavy atom. The lowest BCUT2D eigenvalue weighted by Gasteiger charge is -2.31. The Hall–Kier alpha value is -2.14. The number of aromatic nitrogens is 1. The van der Waals surface area contributed by atoms with E-state index < -0.39 is 0 Å². The minimum Gasteiger partial charge on any atom is -0.373 e. The molecule has 2 aromatic rings. The third-order valence-electron chi connectivity index (χ3n) is 4.47. The van der Waals surface area contributed by atoms with Crippen molar-refractivity contribution in [3.8, 4) is 0 Å². The maximum atomic E-state index is 12.6. The van der Waals surface area contributed by atoms with E-state index in [0.717, 1.165) is 30.5 Å². The van der Waals surface area contributed by atoms with Crippen molar-refractivity contribution < 1.29 is 14.1 Å². The molecule has 2 atom stereocenters. The second-order valence-electron chi connectivity index (χ2n) is 6.31. The van der Waals surface area contributed by atoms with Gasteiger partial charge in [-0.25, -0.2) is 0 Å². The highest BCUT2D eigenvalue weighted by Gasteiger charge is 2.33. The third-order valence-corrected chi connectivity index (χ3v) is 4.47. The van der Waals surface area contributed by atoms with Crippen molar-refractivity contribution in [1.29, 1.82) is 0 Å². The van der Waals surface area contributed by atoms with Gasteiger partial charge in [0, 0.05) is 12.7 Å². The van der Waals surface area contributed by atoms with E-state index in [1.54, 1.807) is 0 Å². The van der Waals surface area contributed by atoms with Crippen LogP contribution in [-0.4, -0.2) is 17.7 Å². The van der Waals surface area contributed by atoms with Gasteiger partial charge in [-0.05, 0) is 31.7 Å². The Morgan fingerprint density at radius 2 is 2.12 bits per heavy atom. The Balaban J connectivity index is 1.65. The van der Waals surface area contributed by atoms with Gasteiger partial charge in [0.05, 0.1) is 24.3 Å². The lowest BCUT2D eigenvalue weighted by molar-refractivity contribution is -0.135. The lowest BCUT2D eigenvalue weighted by Crippen LogP contribution is -2.37. The predicted molar refractivity (Wildman–Crippen MR) is 90.3 cm³/mol. The summed E-state index contributed by atoms with van der Waals surface area (Å²) >= 11 is 0. The van der Waals surface area contributed by atoms with Crippen molar-refractivity contribution in [3.63, 3.8) is 0 Å². The molecule has 0 radical (unpaired) electrons. The van der Waals surface area contributed by atoms with Crippen LogP contribution >= 0.6 is 0 Å². The zero-order valence-electron chi connectivity index (χ0n) is 14.2. The van der Waals surface area contributed by atoms with Crippen molar-refractivity contribution in [2.75, 3.05) is 6.61 Å². The van der Waals surface area contributed by atoms with Gasteiger partial charge in [0.1, 0.15) is 0 Å². The van der Waals surface area contributed by atoms with E-state index in [2.05, 4.69) is 41.7 Å². The van der Waals surface area contributed by atoms with Crippen LogP contribution in [0.25, 0.3) is 0 Å². The molecule has 0 bridgehead atoms. The zero-order valence-corrected chi connectivity index (χ0v) is 14.2. The summed E-state index contributed by atoms with van der Waals surface area (Å²) in [5.41, 5.74) is 3.17. The first kappa shape index (κ1) is 16.7. The summed E-state index contributed by atoms with van der Waals surface area (Å²) in [5.74, 6) is 0.522. The minimum absolute atomic E-state index is 0.00900. The largest absolute Gasteiger partial charge is 0.373 e. The summed E-state index contributed by atoms with van der Waals surface area (Å²) in [6.07, 6.45) is 2.38. The first-order chi connectivity index (χ1) is 11.7. The van der Waals surface area contributed by atoms with Crippen molar-refractivity contribution in [2.24, 2.45) is 5.92 Å². The van der Waals surface area contributed by atoms with Crippen LogP contribution < -0.4 is 5.32 Å². The van der Waals surface area contributed by atoms with E-state index in [1.807, 2.05) is 13.0 Å². The van der Waals surface area contributed by atoms with E-state index >= 15 is 0 Å². The fraction of sp³-hybridized carbons (Fsp3) is 0.474. The fourth-order valence-corrected chi connectivity index (χ4v) is 3.05. The van der Waals surface area contributed by atoms with E-state index in [9.17, 15) is 4.79 Å².